The fraction of sp³-hybridized carbons (Fsp3) is 0.304. The topological polar surface area (TPSA) is 92.8 Å². The molecular weight excluding hydrogens is 384 g/mol. The van der Waals surface area contributed by atoms with Gasteiger partial charge >= 0.3 is 5.97 Å². The van der Waals surface area contributed by atoms with Gasteiger partial charge in [-0.15, -0.1) is 0 Å². The van der Waals surface area contributed by atoms with Crippen molar-refractivity contribution in [1.29, 1.82) is 0 Å². The molecule has 1 heterocycles. The minimum absolute atomic E-state index is 0.0152. The second-order valence-corrected chi connectivity index (χ2v) is 7.16. The smallest absolute Gasteiger partial charge is 0.306 e. The standard InChI is InChI=1S/C23H24N2O5/c1-16-8-10-17(11-9-16)20(26)12-13-23(29)30-15-21(27)24-18-5-2-3-6-19(18)25-14-4-7-22(25)28/h2-3,5-6,8-11H,4,7,12-15H2,1H3,(H,24,27). The number of rotatable bonds is 8. The predicted molar refractivity (Wildman–Crippen MR) is 112 cm³/mol. The maximum atomic E-state index is 12.2. The second kappa shape index (κ2) is 9.82. The van der Waals surface area contributed by atoms with E-state index in [-0.39, 0.29) is 24.5 Å². The number of esters is 1. The summed E-state index contributed by atoms with van der Waals surface area (Å²) in [6.07, 6.45) is 1.18. The normalized spacial score (nSPS) is 13.2. The minimum atomic E-state index is -0.617. The van der Waals surface area contributed by atoms with Crippen LogP contribution in [0.4, 0.5) is 11.4 Å². The maximum Gasteiger partial charge on any atom is 0.306 e. The number of hydrogen-bond donors (Lipinski definition) is 1. The number of nitrogens with one attached hydrogen (secondary N) is 1. The first-order valence-electron chi connectivity index (χ1n) is 9.89. The van der Waals surface area contributed by atoms with Crippen molar-refractivity contribution >= 4 is 34.9 Å². The van der Waals surface area contributed by atoms with Crippen LogP contribution in [0, 0.1) is 6.92 Å². The molecule has 1 N–H and O–H groups in total. The van der Waals surface area contributed by atoms with Gasteiger partial charge in [0.1, 0.15) is 0 Å². The molecule has 7 nitrogen and oxygen atoms in total. The second-order valence-electron chi connectivity index (χ2n) is 7.16. The van der Waals surface area contributed by atoms with Crippen molar-refractivity contribution in [3.8, 4) is 0 Å². The summed E-state index contributed by atoms with van der Waals surface area (Å²) in [7, 11) is 0. The van der Waals surface area contributed by atoms with E-state index < -0.39 is 18.5 Å². The third-order valence-electron chi connectivity index (χ3n) is 4.84. The Morgan fingerprint density at radius 2 is 1.77 bits per heavy atom. The first-order valence-corrected chi connectivity index (χ1v) is 9.89. The van der Waals surface area contributed by atoms with Gasteiger partial charge < -0.3 is 15.0 Å². The van der Waals surface area contributed by atoms with E-state index in [1.54, 1.807) is 41.3 Å². The molecule has 30 heavy (non-hydrogen) atoms. The van der Waals surface area contributed by atoms with Gasteiger partial charge in [-0.2, -0.15) is 0 Å². The number of Topliss-reactive ketones (excluding diaryl/α,β-unsaturated/α-hetero) is 1. The van der Waals surface area contributed by atoms with Gasteiger partial charge in [0.15, 0.2) is 12.4 Å². The molecule has 0 spiro atoms. The van der Waals surface area contributed by atoms with Crippen LogP contribution in [-0.4, -0.2) is 36.7 Å². The summed E-state index contributed by atoms with van der Waals surface area (Å²) in [5, 5.41) is 2.68. The highest BCUT2D eigenvalue weighted by molar-refractivity contribution is 6.02. The average molecular weight is 408 g/mol. The number of anilines is 2. The molecule has 0 aromatic heterocycles. The van der Waals surface area contributed by atoms with Crippen LogP contribution >= 0.6 is 0 Å². The molecule has 1 saturated heterocycles. The van der Waals surface area contributed by atoms with Gasteiger partial charge in [0, 0.05) is 24.9 Å². The summed E-state index contributed by atoms with van der Waals surface area (Å²) in [5.41, 5.74) is 2.71. The van der Waals surface area contributed by atoms with Crippen LogP contribution in [0.3, 0.4) is 0 Å². The number of ether oxygens (including phenoxy) is 1. The summed E-state index contributed by atoms with van der Waals surface area (Å²) >= 11 is 0. The van der Waals surface area contributed by atoms with Gasteiger partial charge in [-0.1, -0.05) is 42.0 Å². The number of benzene rings is 2. The van der Waals surface area contributed by atoms with Crippen molar-refractivity contribution in [3.05, 3.63) is 59.7 Å². The average Bonchev–Trinajstić information content (AvgIpc) is 3.17. The zero-order valence-electron chi connectivity index (χ0n) is 16.8. The van der Waals surface area contributed by atoms with Crippen LogP contribution in [0.1, 0.15) is 41.6 Å². The Bertz CT molecular complexity index is 952. The van der Waals surface area contributed by atoms with Gasteiger partial charge in [0.2, 0.25) is 5.91 Å². The number of para-hydroxylation sites is 2. The van der Waals surface area contributed by atoms with Crippen molar-refractivity contribution in [1.82, 2.24) is 0 Å². The van der Waals surface area contributed by atoms with Crippen molar-refractivity contribution < 1.29 is 23.9 Å². The number of nitrogens with zero attached hydrogens (tertiary/aromatic N) is 1. The number of hydrogen-bond acceptors (Lipinski definition) is 5. The highest BCUT2D eigenvalue weighted by atomic mass is 16.5. The molecule has 1 fully saturated rings. The van der Waals surface area contributed by atoms with Crippen LogP contribution in [0.15, 0.2) is 48.5 Å². The SMILES string of the molecule is Cc1ccc(C(=O)CCC(=O)OCC(=O)Nc2ccccc2N2CCCC2=O)cc1. The predicted octanol–water partition coefficient (Wildman–Crippen LogP) is 3.27. The van der Waals surface area contributed by atoms with E-state index in [4.69, 9.17) is 4.74 Å². The largest absolute Gasteiger partial charge is 0.456 e. The molecule has 0 radical (unpaired) electrons. The summed E-state index contributed by atoms with van der Waals surface area (Å²) in [6, 6.07) is 14.1. The molecule has 2 aromatic rings. The number of aryl methyl sites for hydroxylation is 1. The lowest BCUT2D eigenvalue weighted by Crippen LogP contribution is -2.27. The van der Waals surface area contributed by atoms with Gasteiger partial charge in [-0.25, -0.2) is 0 Å². The van der Waals surface area contributed by atoms with Gasteiger partial charge in [-0.05, 0) is 25.5 Å². The van der Waals surface area contributed by atoms with Crippen molar-refractivity contribution in [2.24, 2.45) is 0 Å². The first kappa shape index (κ1) is 21.2. The van der Waals surface area contributed by atoms with Crippen LogP contribution in [0.5, 0.6) is 0 Å². The molecule has 0 atom stereocenters. The Labute approximate surface area is 175 Å². The van der Waals surface area contributed by atoms with Crippen molar-refractivity contribution in [2.75, 3.05) is 23.4 Å². The summed E-state index contributed by atoms with van der Waals surface area (Å²) in [5.74, 6) is -1.26. The fourth-order valence-electron chi connectivity index (χ4n) is 3.22. The van der Waals surface area contributed by atoms with Gasteiger partial charge in [0.25, 0.3) is 5.91 Å². The van der Waals surface area contributed by atoms with E-state index in [2.05, 4.69) is 5.32 Å². The lowest BCUT2D eigenvalue weighted by molar-refractivity contribution is -0.147. The molecule has 0 bridgehead atoms. The van der Waals surface area contributed by atoms with E-state index in [0.717, 1.165) is 12.0 Å². The molecule has 1 aliphatic heterocycles. The highest BCUT2D eigenvalue weighted by Gasteiger charge is 2.24. The molecule has 3 rings (SSSR count). The van der Waals surface area contributed by atoms with Crippen LogP contribution in [-0.2, 0) is 19.1 Å². The van der Waals surface area contributed by atoms with Gasteiger partial charge in [-0.3, -0.25) is 19.2 Å². The molecule has 156 valence electrons. The van der Waals surface area contributed by atoms with Crippen molar-refractivity contribution in [3.63, 3.8) is 0 Å². The third kappa shape index (κ3) is 5.53. The van der Waals surface area contributed by atoms with E-state index in [9.17, 15) is 19.2 Å². The van der Waals surface area contributed by atoms with E-state index >= 15 is 0 Å². The van der Waals surface area contributed by atoms with E-state index in [1.165, 1.54) is 0 Å². The molecule has 0 aliphatic carbocycles. The molecule has 2 amide bonds. The fourth-order valence-corrected chi connectivity index (χ4v) is 3.22. The summed E-state index contributed by atoms with van der Waals surface area (Å²) in [4.78, 5) is 49.8. The first-order chi connectivity index (χ1) is 14.4. The molecule has 0 saturated carbocycles. The van der Waals surface area contributed by atoms with Crippen LogP contribution in [0.2, 0.25) is 0 Å². The highest BCUT2D eigenvalue weighted by Crippen LogP contribution is 2.29. The Hall–Kier alpha value is -3.48. The quantitative estimate of drug-likeness (QED) is 0.535. The maximum absolute atomic E-state index is 12.2. The molecule has 2 aromatic carbocycles. The summed E-state index contributed by atoms with van der Waals surface area (Å²) in [6.45, 7) is 2.08. The number of amides is 2. The third-order valence-corrected chi connectivity index (χ3v) is 4.84. The Morgan fingerprint density at radius 1 is 1.03 bits per heavy atom. The van der Waals surface area contributed by atoms with Crippen molar-refractivity contribution in [2.45, 2.75) is 32.6 Å². The van der Waals surface area contributed by atoms with Crippen LogP contribution in [0.25, 0.3) is 0 Å². The monoisotopic (exact) mass is 408 g/mol. The Balaban J connectivity index is 1.47. The Morgan fingerprint density at radius 3 is 2.47 bits per heavy atom. The zero-order chi connectivity index (χ0) is 21.5. The zero-order valence-corrected chi connectivity index (χ0v) is 16.8. The number of carbonyl (C=O) groups is 4. The molecule has 0 unspecified atom stereocenters. The van der Waals surface area contributed by atoms with Gasteiger partial charge in [0.05, 0.1) is 17.8 Å². The molecule has 7 heteroatoms. The lowest BCUT2D eigenvalue weighted by atomic mass is 10.1. The lowest BCUT2D eigenvalue weighted by Gasteiger charge is -2.19. The molecule has 1 aliphatic rings. The summed E-state index contributed by atoms with van der Waals surface area (Å²) < 4.78 is 4.98. The Kier molecular flexibility index (Phi) is 6.95. The molecular formula is C23H24N2O5. The van der Waals surface area contributed by atoms with E-state index in [1.807, 2.05) is 19.1 Å². The van der Waals surface area contributed by atoms with E-state index in [0.29, 0.717) is 29.9 Å². The minimum Gasteiger partial charge on any atom is -0.456 e. The number of carbonyl (C=O) groups excluding carboxylic acids is 4. The van der Waals surface area contributed by atoms with Crippen LogP contribution < -0.4 is 10.2 Å². The number of ketones is 1.